The van der Waals surface area contributed by atoms with Crippen LogP contribution in [0.3, 0.4) is 0 Å². The Morgan fingerprint density at radius 1 is 1.14 bits per heavy atom. The highest BCUT2D eigenvalue weighted by molar-refractivity contribution is 7.14. The fourth-order valence-corrected chi connectivity index (χ4v) is 5.65. The highest BCUT2D eigenvalue weighted by Crippen LogP contribution is 2.39. The van der Waals surface area contributed by atoms with E-state index < -0.39 is 23.6 Å². The van der Waals surface area contributed by atoms with Crippen LogP contribution in [0.2, 0.25) is 5.02 Å². The molecule has 8 heteroatoms. The predicted molar refractivity (Wildman–Crippen MR) is 143 cm³/mol. The van der Waals surface area contributed by atoms with Gasteiger partial charge in [-0.1, -0.05) is 60.1 Å². The monoisotopic (exact) mass is 526 g/mol. The van der Waals surface area contributed by atoms with Crippen molar-refractivity contribution in [2.45, 2.75) is 57.7 Å². The Morgan fingerprint density at radius 3 is 2.53 bits per heavy atom. The molecule has 36 heavy (non-hydrogen) atoms. The van der Waals surface area contributed by atoms with Crippen LogP contribution in [-0.4, -0.2) is 40.2 Å². The number of rotatable bonds is 5. The summed E-state index contributed by atoms with van der Waals surface area (Å²) >= 11 is 7.68. The molecule has 0 aliphatic carbocycles. The van der Waals surface area contributed by atoms with Gasteiger partial charge in [0.2, 0.25) is 5.91 Å². The van der Waals surface area contributed by atoms with Crippen molar-refractivity contribution >= 4 is 39.9 Å². The first-order valence-corrected chi connectivity index (χ1v) is 13.3. The lowest BCUT2D eigenvalue weighted by Crippen LogP contribution is -2.46. The highest BCUT2D eigenvalue weighted by atomic mass is 35.5. The van der Waals surface area contributed by atoms with E-state index in [0.29, 0.717) is 28.7 Å². The quantitative estimate of drug-likeness (QED) is 0.407. The Labute approximate surface area is 220 Å². The standard InChI is InChI=1S/C28H31ClN2O4S/c1-28(2,3)35-25(33)15-22-20(18-9-5-4-6-10-18)14-13-19(32)16-31(26(22)34)27-30-24(17-36-27)21-11-7-8-12-23(21)29/h4-12,17,19-20,22,32H,13-16H2,1-3H3/t19-,20+,22-/m0/s1. The summed E-state index contributed by atoms with van der Waals surface area (Å²) in [7, 11) is 0. The minimum absolute atomic E-state index is 0.0506. The van der Waals surface area contributed by atoms with Gasteiger partial charge in [0.1, 0.15) is 5.60 Å². The zero-order valence-corrected chi connectivity index (χ0v) is 22.3. The lowest BCUT2D eigenvalue weighted by Gasteiger charge is -2.35. The molecule has 1 aromatic heterocycles. The number of aromatic nitrogens is 1. The zero-order chi connectivity index (χ0) is 25.9. The number of halogens is 1. The third-order valence-electron chi connectivity index (χ3n) is 6.18. The van der Waals surface area contributed by atoms with E-state index in [9.17, 15) is 14.7 Å². The fourth-order valence-electron chi connectivity index (χ4n) is 4.58. The Balaban J connectivity index is 1.71. The summed E-state index contributed by atoms with van der Waals surface area (Å²) in [5, 5.41) is 13.7. The second kappa shape index (κ2) is 11.1. The molecule has 6 nitrogen and oxygen atoms in total. The largest absolute Gasteiger partial charge is 0.460 e. The van der Waals surface area contributed by atoms with Crippen LogP contribution in [0.5, 0.6) is 0 Å². The summed E-state index contributed by atoms with van der Waals surface area (Å²) in [6, 6.07) is 17.1. The molecule has 4 rings (SSSR count). The fraction of sp³-hybridized carbons (Fsp3) is 0.393. The summed E-state index contributed by atoms with van der Waals surface area (Å²) in [6.45, 7) is 5.55. The van der Waals surface area contributed by atoms with E-state index in [1.54, 1.807) is 6.07 Å². The van der Waals surface area contributed by atoms with Crippen molar-refractivity contribution in [3.05, 3.63) is 70.6 Å². The maximum atomic E-state index is 14.1. The number of ether oxygens (including phenoxy) is 1. The number of hydrogen-bond acceptors (Lipinski definition) is 6. The molecular weight excluding hydrogens is 496 g/mol. The van der Waals surface area contributed by atoms with Gasteiger partial charge in [0, 0.05) is 16.0 Å². The molecule has 2 heterocycles. The molecule has 1 saturated heterocycles. The van der Waals surface area contributed by atoms with Crippen molar-refractivity contribution < 1.29 is 19.4 Å². The van der Waals surface area contributed by atoms with Gasteiger partial charge in [-0.15, -0.1) is 11.3 Å². The average Bonchev–Trinajstić information content (AvgIpc) is 3.30. The summed E-state index contributed by atoms with van der Waals surface area (Å²) in [5.41, 5.74) is 1.74. The summed E-state index contributed by atoms with van der Waals surface area (Å²) in [6.07, 6.45) is 0.318. The molecule has 1 N–H and O–H groups in total. The van der Waals surface area contributed by atoms with Crippen LogP contribution in [0.25, 0.3) is 11.3 Å². The molecule has 1 aliphatic rings. The number of benzene rings is 2. The average molecular weight is 527 g/mol. The van der Waals surface area contributed by atoms with E-state index >= 15 is 0 Å². The first-order chi connectivity index (χ1) is 17.1. The van der Waals surface area contributed by atoms with Gasteiger partial charge < -0.3 is 9.84 Å². The molecular formula is C28H31ClN2O4S. The van der Waals surface area contributed by atoms with Gasteiger partial charge >= 0.3 is 5.97 Å². The molecule has 1 fully saturated rings. The number of β-amino-alcohol motifs (C(OH)–C–C–N with tert-alkyl or cyclic N) is 1. The van der Waals surface area contributed by atoms with Crippen molar-refractivity contribution in [3.8, 4) is 11.3 Å². The number of anilines is 1. The number of amides is 1. The van der Waals surface area contributed by atoms with Gasteiger partial charge in [0.15, 0.2) is 5.13 Å². The van der Waals surface area contributed by atoms with E-state index in [1.807, 2.05) is 74.7 Å². The van der Waals surface area contributed by atoms with Crippen molar-refractivity contribution in [2.24, 2.45) is 5.92 Å². The number of nitrogens with zero attached hydrogens (tertiary/aromatic N) is 2. The number of carbonyl (C=O) groups excluding carboxylic acids is 2. The first-order valence-electron chi connectivity index (χ1n) is 12.1. The minimum atomic E-state index is -0.713. The van der Waals surface area contributed by atoms with E-state index in [4.69, 9.17) is 21.3 Å². The van der Waals surface area contributed by atoms with Crippen molar-refractivity contribution in [1.82, 2.24) is 4.98 Å². The number of carbonyl (C=O) groups is 2. The van der Waals surface area contributed by atoms with Crippen molar-refractivity contribution in [3.63, 3.8) is 0 Å². The van der Waals surface area contributed by atoms with E-state index in [2.05, 4.69) is 0 Å². The SMILES string of the molecule is CC(C)(C)OC(=O)C[C@@H]1C(=O)N(c2nc(-c3ccccc3Cl)cs2)C[C@@H](O)CC[C@@H]1c1ccccc1. The van der Waals surface area contributed by atoms with E-state index in [1.165, 1.54) is 16.2 Å². The van der Waals surface area contributed by atoms with Crippen LogP contribution < -0.4 is 4.90 Å². The Hall–Kier alpha value is -2.74. The molecule has 0 unspecified atom stereocenters. The number of aliphatic hydroxyl groups is 1. The molecule has 0 bridgehead atoms. The first kappa shape index (κ1) is 26.3. The van der Waals surface area contributed by atoms with E-state index in [0.717, 1.165) is 11.1 Å². The minimum Gasteiger partial charge on any atom is -0.460 e. The van der Waals surface area contributed by atoms with Gasteiger partial charge in [0.05, 0.1) is 30.7 Å². The zero-order valence-electron chi connectivity index (χ0n) is 20.7. The lowest BCUT2D eigenvalue weighted by molar-refractivity contribution is -0.157. The molecule has 190 valence electrons. The molecule has 0 saturated carbocycles. The smallest absolute Gasteiger partial charge is 0.307 e. The van der Waals surface area contributed by atoms with Crippen LogP contribution in [0.4, 0.5) is 5.13 Å². The third-order valence-corrected chi connectivity index (χ3v) is 7.37. The maximum Gasteiger partial charge on any atom is 0.307 e. The summed E-state index contributed by atoms with van der Waals surface area (Å²) in [4.78, 5) is 33.2. The van der Waals surface area contributed by atoms with Gasteiger partial charge in [-0.2, -0.15) is 0 Å². The topological polar surface area (TPSA) is 79.7 Å². The molecule has 1 aliphatic heterocycles. The Bertz CT molecular complexity index is 1210. The van der Waals surface area contributed by atoms with Crippen LogP contribution in [-0.2, 0) is 14.3 Å². The number of thiazole rings is 1. The van der Waals surface area contributed by atoms with Crippen LogP contribution in [0.15, 0.2) is 60.0 Å². The molecule has 0 radical (unpaired) electrons. The molecule has 3 aromatic rings. The second-order valence-electron chi connectivity index (χ2n) is 10.1. The van der Waals surface area contributed by atoms with E-state index in [-0.39, 0.29) is 24.8 Å². The predicted octanol–water partition coefficient (Wildman–Crippen LogP) is 6.08. The van der Waals surface area contributed by atoms with Gasteiger partial charge in [-0.3, -0.25) is 14.5 Å². The molecule has 0 spiro atoms. The third kappa shape index (κ3) is 6.33. The van der Waals surface area contributed by atoms with Crippen molar-refractivity contribution in [1.29, 1.82) is 0 Å². The normalized spacial score (nSPS) is 21.1. The summed E-state index contributed by atoms with van der Waals surface area (Å²) in [5.74, 6) is -1.55. The van der Waals surface area contributed by atoms with Crippen LogP contribution in [0, 0.1) is 5.92 Å². The van der Waals surface area contributed by atoms with Gasteiger partial charge in [-0.05, 0) is 51.2 Å². The number of aliphatic hydroxyl groups excluding tert-OH is 1. The Kier molecular flexibility index (Phi) is 8.13. The molecule has 1 amide bonds. The maximum absolute atomic E-state index is 14.1. The second-order valence-corrected chi connectivity index (χ2v) is 11.3. The van der Waals surface area contributed by atoms with Gasteiger partial charge in [-0.25, -0.2) is 4.98 Å². The Morgan fingerprint density at radius 2 is 1.83 bits per heavy atom. The van der Waals surface area contributed by atoms with Crippen LogP contribution in [0.1, 0.15) is 51.5 Å². The molecule has 3 atom stereocenters. The van der Waals surface area contributed by atoms with Gasteiger partial charge in [0.25, 0.3) is 0 Å². The summed E-state index contributed by atoms with van der Waals surface area (Å²) < 4.78 is 5.60. The van der Waals surface area contributed by atoms with Crippen LogP contribution >= 0.6 is 22.9 Å². The van der Waals surface area contributed by atoms with Crippen molar-refractivity contribution in [2.75, 3.05) is 11.4 Å². The lowest BCUT2D eigenvalue weighted by atomic mass is 9.78. The highest BCUT2D eigenvalue weighted by Gasteiger charge is 2.39. The number of hydrogen-bond donors (Lipinski definition) is 1. The number of esters is 1. The molecule has 2 aromatic carbocycles.